The average molecular weight is 422 g/mol. The molecule has 4 rings (SSSR count). The Kier molecular flexibility index (Phi) is 4.37. The Hall–Kier alpha value is -3.19. The first-order valence-corrected chi connectivity index (χ1v) is 9.11. The van der Waals surface area contributed by atoms with Gasteiger partial charge in [0.05, 0.1) is 11.0 Å². The summed E-state index contributed by atoms with van der Waals surface area (Å²) in [5.74, 6) is -0.0120. The zero-order valence-electron chi connectivity index (χ0n) is 14.3. The van der Waals surface area contributed by atoms with E-state index < -0.39 is 0 Å². The number of hydrogen-bond donors (Lipinski definition) is 2. The minimum Gasteiger partial charge on any atom is -0.384 e. The van der Waals surface area contributed by atoms with Crippen LogP contribution in [0.4, 0.5) is 5.82 Å². The molecular weight excluding hydrogens is 406 g/mol. The number of nitrogens with two attached hydrogens (primary N) is 1. The number of fused-ring (bicyclic) bond motifs is 2. The van der Waals surface area contributed by atoms with E-state index in [1.54, 1.807) is 10.6 Å². The number of hydrogen-bond acceptors (Lipinski definition) is 4. The molecule has 3 N–H and O–H groups in total. The fourth-order valence-corrected chi connectivity index (χ4v) is 3.25. The number of carbonyl (C=O) groups is 1. The summed E-state index contributed by atoms with van der Waals surface area (Å²) < 4.78 is 2.70. The molecule has 0 aliphatic heterocycles. The fraction of sp³-hybridized carbons (Fsp3) is 0.0500. The van der Waals surface area contributed by atoms with E-state index in [9.17, 15) is 4.79 Å². The standard InChI is InChI=1S/C20H16BrN5O/c1-2-11-23-20(27)16-17-19(25-15-6-4-3-5-14(15)24-17)26(18(16)22)13-9-7-12(21)8-10-13/h2-10H,1,11,22H2,(H,23,27). The van der Waals surface area contributed by atoms with Crippen LogP contribution in [0.1, 0.15) is 10.4 Å². The SMILES string of the molecule is C=CCNC(=O)c1c(N)n(-c2ccc(Br)cc2)c2nc3ccccc3nc12. The number of rotatable bonds is 4. The first-order valence-electron chi connectivity index (χ1n) is 8.32. The summed E-state index contributed by atoms with van der Waals surface area (Å²) >= 11 is 3.43. The maximum atomic E-state index is 12.7. The first-order chi connectivity index (χ1) is 13.1. The maximum Gasteiger partial charge on any atom is 0.257 e. The molecule has 27 heavy (non-hydrogen) atoms. The molecule has 0 spiro atoms. The van der Waals surface area contributed by atoms with Crippen LogP contribution in [-0.2, 0) is 0 Å². The van der Waals surface area contributed by atoms with Crippen molar-refractivity contribution in [1.82, 2.24) is 19.9 Å². The van der Waals surface area contributed by atoms with Crippen molar-refractivity contribution in [1.29, 1.82) is 0 Å². The molecule has 0 atom stereocenters. The third-order valence-corrected chi connectivity index (χ3v) is 4.75. The van der Waals surface area contributed by atoms with Gasteiger partial charge < -0.3 is 11.1 Å². The Bertz CT molecular complexity index is 1180. The third-order valence-electron chi connectivity index (χ3n) is 4.22. The molecule has 4 aromatic rings. The van der Waals surface area contributed by atoms with Crippen molar-refractivity contribution in [3.05, 3.63) is 71.2 Å². The number of benzene rings is 2. The van der Waals surface area contributed by atoms with Crippen molar-refractivity contribution >= 4 is 49.9 Å². The second kappa shape index (κ2) is 6.85. The topological polar surface area (TPSA) is 85.8 Å². The summed E-state index contributed by atoms with van der Waals surface area (Å²) in [6.45, 7) is 3.97. The third kappa shape index (κ3) is 2.96. The van der Waals surface area contributed by atoms with Gasteiger partial charge in [0.15, 0.2) is 5.65 Å². The molecule has 134 valence electrons. The van der Waals surface area contributed by atoms with Gasteiger partial charge in [0.1, 0.15) is 16.9 Å². The molecule has 2 aromatic heterocycles. The summed E-state index contributed by atoms with van der Waals surface area (Å²) in [6.07, 6.45) is 1.61. The predicted molar refractivity (Wildman–Crippen MR) is 111 cm³/mol. The first kappa shape index (κ1) is 17.2. The van der Waals surface area contributed by atoms with Gasteiger partial charge >= 0.3 is 0 Å². The van der Waals surface area contributed by atoms with E-state index in [1.807, 2.05) is 48.5 Å². The van der Waals surface area contributed by atoms with Crippen LogP contribution in [0.15, 0.2) is 65.7 Å². The molecule has 0 fully saturated rings. The Morgan fingerprint density at radius 1 is 1.15 bits per heavy atom. The lowest BCUT2D eigenvalue weighted by molar-refractivity contribution is 0.0960. The van der Waals surface area contributed by atoms with E-state index in [4.69, 9.17) is 10.7 Å². The molecule has 6 nitrogen and oxygen atoms in total. The van der Waals surface area contributed by atoms with Crippen LogP contribution in [0, 0.1) is 0 Å². The molecule has 7 heteroatoms. The van der Waals surface area contributed by atoms with Crippen molar-refractivity contribution in [3.8, 4) is 5.69 Å². The highest BCUT2D eigenvalue weighted by molar-refractivity contribution is 9.10. The number of halogens is 1. The average Bonchev–Trinajstić information content (AvgIpc) is 2.96. The van der Waals surface area contributed by atoms with Gasteiger partial charge in [-0.15, -0.1) is 6.58 Å². The van der Waals surface area contributed by atoms with E-state index in [-0.39, 0.29) is 5.91 Å². The van der Waals surface area contributed by atoms with Crippen LogP contribution in [0.5, 0.6) is 0 Å². The van der Waals surface area contributed by atoms with Crippen LogP contribution in [0.2, 0.25) is 0 Å². The lowest BCUT2D eigenvalue weighted by Gasteiger charge is -2.08. The normalized spacial score (nSPS) is 11.0. The van der Waals surface area contributed by atoms with E-state index in [1.165, 1.54) is 0 Å². The van der Waals surface area contributed by atoms with Crippen molar-refractivity contribution in [2.45, 2.75) is 0 Å². The number of para-hydroxylation sites is 2. The molecule has 2 aromatic carbocycles. The zero-order valence-corrected chi connectivity index (χ0v) is 15.9. The molecule has 2 heterocycles. The smallest absolute Gasteiger partial charge is 0.257 e. The van der Waals surface area contributed by atoms with Gasteiger partial charge in [-0.25, -0.2) is 9.97 Å². The molecule has 0 saturated carbocycles. The Labute approximate surface area is 163 Å². The number of aromatic nitrogens is 3. The molecule has 0 saturated heterocycles. The second-order valence-electron chi connectivity index (χ2n) is 5.96. The molecular formula is C20H16BrN5O. The number of carbonyl (C=O) groups excluding carboxylic acids is 1. The molecule has 0 unspecified atom stereocenters. The van der Waals surface area contributed by atoms with Crippen molar-refractivity contribution < 1.29 is 4.79 Å². The zero-order chi connectivity index (χ0) is 19.0. The van der Waals surface area contributed by atoms with Gasteiger partial charge in [0.25, 0.3) is 5.91 Å². The van der Waals surface area contributed by atoms with Crippen LogP contribution >= 0.6 is 15.9 Å². The number of nitrogens with one attached hydrogen (secondary N) is 1. The quantitative estimate of drug-likeness (QED) is 0.490. The molecule has 1 amide bonds. The van der Waals surface area contributed by atoms with Gasteiger partial charge in [-0.3, -0.25) is 9.36 Å². The van der Waals surface area contributed by atoms with Crippen LogP contribution in [0.3, 0.4) is 0 Å². The summed E-state index contributed by atoms with van der Waals surface area (Å²) in [5, 5.41) is 2.78. The predicted octanol–water partition coefficient (Wildman–Crippen LogP) is 3.83. The summed E-state index contributed by atoms with van der Waals surface area (Å²) in [4.78, 5) is 22.1. The Balaban J connectivity index is 2.05. The van der Waals surface area contributed by atoms with Crippen molar-refractivity contribution in [3.63, 3.8) is 0 Å². The number of anilines is 1. The number of amides is 1. The largest absolute Gasteiger partial charge is 0.384 e. The minimum atomic E-state index is -0.308. The highest BCUT2D eigenvalue weighted by atomic mass is 79.9. The van der Waals surface area contributed by atoms with Crippen LogP contribution in [0.25, 0.3) is 27.9 Å². The summed E-state index contributed by atoms with van der Waals surface area (Å²) in [6, 6.07) is 15.2. The van der Waals surface area contributed by atoms with Crippen LogP contribution in [-0.4, -0.2) is 27.0 Å². The molecule has 0 aliphatic rings. The molecule has 0 aliphatic carbocycles. The summed E-state index contributed by atoms with van der Waals surface area (Å²) in [5.41, 5.74) is 9.97. The Morgan fingerprint density at radius 3 is 2.48 bits per heavy atom. The Morgan fingerprint density at radius 2 is 1.81 bits per heavy atom. The van der Waals surface area contributed by atoms with Gasteiger partial charge in [-0.2, -0.15) is 0 Å². The number of nitrogens with zero attached hydrogens (tertiary/aromatic N) is 3. The van der Waals surface area contributed by atoms with Crippen molar-refractivity contribution in [2.24, 2.45) is 0 Å². The monoisotopic (exact) mass is 421 g/mol. The fourth-order valence-electron chi connectivity index (χ4n) is 2.99. The van der Waals surface area contributed by atoms with E-state index in [0.717, 1.165) is 15.7 Å². The van der Waals surface area contributed by atoms with E-state index in [0.29, 0.717) is 34.6 Å². The summed E-state index contributed by atoms with van der Waals surface area (Å²) in [7, 11) is 0. The molecule has 0 bridgehead atoms. The maximum absolute atomic E-state index is 12.7. The van der Waals surface area contributed by atoms with E-state index in [2.05, 4.69) is 32.8 Å². The lowest BCUT2D eigenvalue weighted by atomic mass is 10.2. The van der Waals surface area contributed by atoms with Gasteiger partial charge in [-0.1, -0.05) is 34.1 Å². The second-order valence-corrected chi connectivity index (χ2v) is 6.87. The van der Waals surface area contributed by atoms with Gasteiger partial charge in [-0.05, 0) is 36.4 Å². The van der Waals surface area contributed by atoms with Crippen LogP contribution < -0.4 is 11.1 Å². The lowest BCUT2D eigenvalue weighted by Crippen LogP contribution is -2.24. The van der Waals surface area contributed by atoms with Crippen molar-refractivity contribution in [2.75, 3.05) is 12.3 Å². The highest BCUT2D eigenvalue weighted by Gasteiger charge is 2.24. The van der Waals surface area contributed by atoms with Gasteiger partial charge in [0, 0.05) is 16.7 Å². The number of nitrogen functional groups attached to an aromatic ring is 1. The van der Waals surface area contributed by atoms with Gasteiger partial charge in [0.2, 0.25) is 0 Å². The molecule has 0 radical (unpaired) electrons. The van der Waals surface area contributed by atoms with E-state index >= 15 is 0 Å². The highest BCUT2D eigenvalue weighted by Crippen LogP contribution is 2.31. The minimum absolute atomic E-state index is 0.296.